The van der Waals surface area contributed by atoms with Crippen LogP contribution in [0.1, 0.15) is 27.4 Å². The highest BCUT2D eigenvalue weighted by atomic mass is 35.5. The summed E-state index contributed by atoms with van der Waals surface area (Å²) in [4.78, 5) is 11.9. The zero-order valence-corrected chi connectivity index (χ0v) is 11.4. The lowest BCUT2D eigenvalue weighted by Crippen LogP contribution is -2.32. The average Bonchev–Trinajstić information content (AvgIpc) is 2.50. The first-order chi connectivity index (χ1) is 7.97. The van der Waals surface area contributed by atoms with E-state index in [1.807, 2.05) is 13.8 Å². The highest BCUT2D eigenvalue weighted by Gasteiger charge is 2.18. The largest absolute Gasteiger partial charge is 0.466 e. The van der Waals surface area contributed by atoms with Crippen LogP contribution in [-0.4, -0.2) is 31.5 Å². The van der Waals surface area contributed by atoms with Gasteiger partial charge in [0.1, 0.15) is 11.5 Å². The minimum absolute atomic E-state index is 0.154. The van der Waals surface area contributed by atoms with E-state index in [9.17, 15) is 4.79 Å². The molecule has 1 aromatic heterocycles. The second-order valence-electron chi connectivity index (χ2n) is 3.98. The van der Waals surface area contributed by atoms with Crippen LogP contribution < -0.4 is 5.32 Å². The highest BCUT2D eigenvalue weighted by Crippen LogP contribution is 2.20. The molecule has 0 fully saturated rings. The molecule has 1 N–H and O–H groups in total. The molecule has 96 valence electrons. The Morgan fingerprint density at radius 3 is 2.53 bits per heavy atom. The fourth-order valence-corrected chi connectivity index (χ4v) is 1.86. The fourth-order valence-electron chi connectivity index (χ4n) is 1.66. The van der Waals surface area contributed by atoms with Crippen molar-refractivity contribution < 1.29 is 13.9 Å². The quantitative estimate of drug-likeness (QED) is 0.825. The predicted octanol–water partition coefficient (Wildman–Crippen LogP) is 2.19. The van der Waals surface area contributed by atoms with Crippen LogP contribution in [0.4, 0.5) is 0 Å². The molecular weight excluding hydrogens is 242 g/mol. The number of carbonyl (C=O) groups is 1. The standard InChI is InChI=1S/C12H18ClNO3/c1-7-8(2)17-9(3)11(7)12(15)14-5-10(13)6-16-4/h10H,5-6H2,1-4H3,(H,14,15). The number of nitrogens with one attached hydrogen (secondary N) is 1. The van der Waals surface area contributed by atoms with E-state index in [0.29, 0.717) is 24.5 Å². The molecule has 1 atom stereocenters. The lowest BCUT2D eigenvalue weighted by molar-refractivity contribution is 0.0947. The number of ether oxygens (including phenoxy) is 1. The first-order valence-corrected chi connectivity index (χ1v) is 5.88. The number of amides is 1. The second-order valence-corrected chi connectivity index (χ2v) is 4.59. The molecule has 0 saturated carbocycles. The van der Waals surface area contributed by atoms with Crippen LogP contribution in [0, 0.1) is 20.8 Å². The minimum atomic E-state index is -0.224. The third kappa shape index (κ3) is 3.48. The number of alkyl halides is 1. The van der Waals surface area contributed by atoms with E-state index in [1.165, 1.54) is 0 Å². The van der Waals surface area contributed by atoms with Crippen molar-refractivity contribution in [3.63, 3.8) is 0 Å². The van der Waals surface area contributed by atoms with Crippen molar-refractivity contribution in [1.82, 2.24) is 5.32 Å². The van der Waals surface area contributed by atoms with Gasteiger partial charge in [-0.25, -0.2) is 0 Å². The van der Waals surface area contributed by atoms with Gasteiger partial charge in [-0.3, -0.25) is 4.79 Å². The monoisotopic (exact) mass is 259 g/mol. The summed E-state index contributed by atoms with van der Waals surface area (Å²) < 4.78 is 10.3. The van der Waals surface area contributed by atoms with Crippen molar-refractivity contribution in [3.05, 3.63) is 22.6 Å². The van der Waals surface area contributed by atoms with Crippen molar-refractivity contribution in [2.75, 3.05) is 20.3 Å². The molecule has 1 unspecified atom stereocenters. The number of carbonyl (C=O) groups excluding carboxylic acids is 1. The molecule has 1 heterocycles. The molecule has 0 radical (unpaired) electrons. The molecular formula is C12H18ClNO3. The van der Waals surface area contributed by atoms with Crippen LogP contribution in [0.15, 0.2) is 4.42 Å². The number of methoxy groups -OCH3 is 1. The molecule has 0 spiro atoms. The average molecular weight is 260 g/mol. The van der Waals surface area contributed by atoms with Crippen molar-refractivity contribution in [1.29, 1.82) is 0 Å². The Kier molecular flexibility index (Phi) is 5.02. The van der Waals surface area contributed by atoms with Gasteiger partial charge in [0.15, 0.2) is 0 Å². The summed E-state index contributed by atoms with van der Waals surface area (Å²) in [6, 6.07) is 0. The number of rotatable bonds is 5. The van der Waals surface area contributed by atoms with Crippen molar-refractivity contribution in [2.45, 2.75) is 26.1 Å². The maximum atomic E-state index is 11.9. The maximum Gasteiger partial charge on any atom is 0.255 e. The van der Waals surface area contributed by atoms with Gasteiger partial charge >= 0.3 is 0 Å². The van der Waals surface area contributed by atoms with E-state index < -0.39 is 0 Å². The molecule has 4 nitrogen and oxygen atoms in total. The summed E-state index contributed by atoms with van der Waals surface area (Å²) in [7, 11) is 1.57. The lowest BCUT2D eigenvalue weighted by Gasteiger charge is -2.09. The summed E-state index contributed by atoms with van der Waals surface area (Å²) in [5.74, 6) is 1.25. The highest BCUT2D eigenvalue weighted by molar-refractivity contribution is 6.21. The van der Waals surface area contributed by atoms with Gasteiger partial charge in [0.25, 0.3) is 5.91 Å². The number of hydrogen-bond donors (Lipinski definition) is 1. The molecule has 0 saturated heterocycles. The molecule has 1 rings (SSSR count). The topological polar surface area (TPSA) is 51.5 Å². The van der Waals surface area contributed by atoms with Crippen molar-refractivity contribution in [3.8, 4) is 0 Å². The second kappa shape index (κ2) is 6.07. The van der Waals surface area contributed by atoms with Crippen LogP contribution in [0.5, 0.6) is 0 Å². The van der Waals surface area contributed by atoms with E-state index in [2.05, 4.69) is 5.32 Å². The molecule has 5 heteroatoms. The molecule has 17 heavy (non-hydrogen) atoms. The van der Waals surface area contributed by atoms with E-state index in [0.717, 1.165) is 11.3 Å². The van der Waals surface area contributed by atoms with Gasteiger partial charge in [0, 0.05) is 19.2 Å². The van der Waals surface area contributed by atoms with Gasteiger partial charge in [0.2, 0.25) is 0 Å². The van der Waals surface area contributed by atoms with E-state index in [1.54, 1.807) is 14.0 Å². The van der Waals surface area contributed by atoms with Gasteiger partial charge in [0.05, 0.1) is 17.5 Å². The zero-order chi connectivity index (χ0) is 13.0. The Morgan fingerprint density at radius 2 is 2.06 bits per heavy atom. The van der Waals surface area contributed by atoms with Crippen LogP contribution in [0.2, 0.25) is 0 Å². The van der Waals surface area contributed by atoms with Gasteiger partial charge in [-0.2, -0.15) is 0 Å². The third-order valence-electron chi connectivity index (χ3n) is 2.62. The van der Waals surface area contributed by atoms with Crippen LogP contribution >= 0.6 is 11.6 Å². The predicted molar refractivity (Wildman–Crippen MR) is 66.8 cm³/mol. The number of hydrogen-bond acceptors (Lipinski definition) is 3. The van der Waals surface area contributed by atoms with Gasteiger partial charge < -0.3 is 14.5 Å². The van der Waals surface area contributed by atoms with Crippen molar-refractivity contribution >= 4 is 17.5 Å². The van der Waals surface area contributed by atoms with Crippen LogP contribution in [0.25, 0.3) is 0 Å². The summed E-state index contributed by atoms with van der Waals surface area (Å²) in [5, 5.41) is 2.54. The summed E-state index contributed by atoms with van der Waals surface area (Å²) in [6.45, 7) is 6.27. The Bertz CT molecular complexity index is 401. The molecule has 1 amide bonds. The first kappa shape index (κ1) is 14.1. The Hall–Kier alpha value is -1.00. The smallest absolute Gasteiger partial charge is 0.255 e. The molecule has 1 aromatic rings. The first-order valence-electron chi connectivity index (χ1n) is 5.45. The van der Waals surface area contributed by atoms with Crippen LogP contribution in [0.3, 0.4) is 0 Å². The fraction of sp³-hybridized carbons (Fsp3) is 0.583. The Labute approximate surface area is 106 Å². The molecule has 0 aliphatic rings. The number of aryl methyl sites for hydroxylation is 2. The van der Waals surface area contributed by atoms with Crippen molar-refractivity contribution in [2.24, 2.45) is 0 Å². The number of furan rings is 1. The summed E-state index contributed by atoms with van der Waals surface area (Å²) in [5.41, 5.74) is 1.47. The summed E-state index contributed by atoms with van der Waals surface area (Å²) >= 11 is 5.93. The summed E-state index contributed by atoms with van der Waals surface area (Å²) in [6.07, 6.45) is 0. The normalized spacial score (nSPS) is 12.5. The number of halogens is 1. The molecule has 0 bridgehead atoms. The molecule has 0 aliphatic heterocycles. The van der Waals surface area contributed by atoms with Gasteiger partial charge in [-0.1, -0.05) is 0 Å². The maximum absolute atomic E-state index is 11.9. The van der Waals surface area contributed by atoms with Gasteiger partial charge in [-0.05, 0) is 20.8 Å². The van der Waals surface area contributed by atoms with E-state index in [4.69, 9.17) is 20.8 Å². The Balaban J connectivity index is 2.64. The van der Waals surface area contributed by atoms with Gasteiger partial charge in [-0.15, -0.1) is 11.6 Å². The SMILES string of the molecule is COCC(Cl)CNC(=O)c1c(C)oc(C)c1C. The Morgan fingerprint density at radius 1 is 1.41 bits per heavy atom. The van der Waals surface area contributed by atoms with E-state index >= 15 is 0 Å². The molecule has 0 aliphatic carbocycles. The van der Waals surface area contributed by atoms with Crippen LogP contribution in [-0.2, 0) is 4.74 Å². The minimum Gasteiger partial charge on any atom is -0.466 e. The third-order valence-corrected chi connectivity index (χ3v) is 2.90. The zero-order valence-electron chi connectivity index (χ0n) is 10.6. The molecule has 0 aromatic carbocycles. The van der Waals surface area contributed by atoms with E-state index in [-0.39, 0.29) is 11.3 Å². The lowest BCUT2D eigenvalue weighted by atomic mass is 10.1.